The van der Waals surface area contributed by atoms with Crippen LogP contribution >= 0.6 is 11.8 Å². The minimum Gasteiger partial charge on any atom is -0.300 e. The molecule has 0 aromatic heterocycles. The maximum Gasteiger partial charge on any atom is 0.261 e. The molecule has 2 aromatic carbocycles. The van der Waals surface area contributed by atoms with Crippen LogP contribution in [-0.4, -0.2) is 48.0 Å². The first-order valence-corrected chi connectivity index (χ1v) is 9.09. The van der Waals surface area contributed by atoms with Crippen LogP contribution in [0.15, 0.2) is 53.4 Å². The topological polar surface area (TPSA) is 40.6 Å². The molecule has 0 radical (unpaired) electrons. The predicted octanol–water partition coefficient (Wildman–Crippen LogP) is 3.14. The Morgan fingerprint density at radius 1 is 0.958 bits per heavy atom. The number of amides is 2. The second kappa shape index (κ2) is 7.20. The van der Waals surface area contributed by atoms with Crippen molar-refractivity contribution < 1.29 is 9.59 Å². The zero-order chi connectivity index (χ0) is 17.1. The molecule has 1 aliphatic rings. The number of benzene rings is 2. The Morgan fingerprint density at radius 2 is 1.54 bits per heavy atom. The second-order valence-electron chi connectivity index (χ2n) is 5.89. The van der Waals surface area contributed by atoms with Gasteiger partial charge in [0, 0.05) is 24.5 Å². The van der Waals surface area contributed by atoms with Crippen LogP contribution < -0.4 is 0 Å². The van der Waals surface area contributed by atoms with Gasteiger partial charge in [0.1, 0.15) is 0 Å². The Kier molecular flexibility index (Phi) is 5.02. The average Bonchev–Trinajstić information content (AvgIpc) is 2.85. The summed E-state index contributed by atoms with van der Waals surface area (Å²) in [5.41, 5.74) is 2.24. The monoisotopic (exact) mass is 340 g/mol. The summed E-state index contributed by atoms with van der Waals surface area (Å²) in [7, 11) is 2.00. The quantitative estimate of drug-likeness (QED) is 0.598. The van der Waals surface area contributed by atoms with E-state index in [1.54, 1.807) is 36.0 Å². The highest BCUT2D eigenvalue weighted by molar-refractivity contribution is 7.98. The molecule has 5 heteroatoms. The molecule has 0 bridgehead atoms. The highest BCUT2D eigenvalue weighted by Crippen LogP contribution is 2.22. The fourth-order valence-electron chi connectivity index (χ4n) is 2.83. The number of fused-ring (bicyclic) bond motifs is 1. The van der Waals surface area contributed by atoms with Gasteiger partial charge < -0.3 is 4.90 Å². The van der Waals surface area contributed by atoms with Crippen molar-refractivity contribution in [3.8, 4) is 0 Å². The third kappa shape index (κ3) is 3.37. The number of imide groups is 1. The second-order valence-corrected chi connectivity index (χ2v) is 6.77. The van der Waals surface area contributed by atoms with Crippen molar-refractivity contribution in [2.45, 2.75) is 11.4 Å². The van der Waals surface area contributed by atoms with Crippen LogP contribution in [0.3, 0.4) is 0 Å². The van der Waals surface area contributed by atoms with Crippen molar-refractivity contribution in [3.05, 3.63) is 65.2 Å². The molecule has 0 saturated carbocycles. The Hall–Kier alpha value is -2.11. The lowest BCUT2D eigenvalue weighted by atomic mass is 10.1. The summed E-state index contributed by atoms with van der Waals surface area (Å²) in [6.45, 7) is 1.85. The van der Waals surface area contributed by atoms with Gasteiger partial charge in [-0.1, -0.05) is 24.3 Å². The number of rotatable bonds is 6. The molecule has 2 amide bonds. The molecule has 0 atom stereocenters. The molecule has 124 valence electrons. The van der Waals surface area contributed by atoms with Gasteiger partial charge in [-0.2, -0.15) is 0 Å². The summed E-state index contributed by atoms with van der Waals surface area (Å²) in [6, 6.07) is 15.5. The molecule has 0 spiro atoms. The first kappa shape index (κ1) is 16.7. The van der Waals surface area contributed by atoms with Gasteiger partial charge in [-0.05, 0) is 43.1 Å². The molecule has 1 aliphatic heterocycles. The van der Waals surface area contributed by atoms with E-state index in [0.29, 0.717) is 24.2 Å². The first-order valence-electron chi connectivity index (χ1n) is 7.87. The van der Waals surface area contributed by atoms with Crippen molar-refractivity contribution in [3.63, 3.8) is 0 Å². The van der Waals surface area contributed by atoms with Gasteiger partial charge >= 0.3 is 0 Å². The number of nitrogens with zero attached hydrogens (tertiary/aromatic N) is 2. The summed E-state index contributed by atoms with van der Waals surface area (Å²) in [5, 5.41) is 0. The van der Waals surface area contributed by atoms with E-state index in [4.69, 9.17) is 0 Å². The molecular weight excluding hydrogens is 320 g/mol. The van der Waals surface area contributed by atoms with Gasteiger partial charge in [0.05, 0.1) is 11.1 Å². The summed E-state index contributed by atoms with van der Waals surface area (Å²) < 4.78 is 0. The van der Waals surface area contributed by atoms with Gasteiger partial charge in [-0.15, -0.1) is 11.8 Å². The van der Waals surface area contributed by atoms with Crippen LogP contribution in [0.1, 0.15) is 26.3 Å². The summed E-state index contributed by atoms with van der Waals surface area (Å²) >= 11 is 1.72. The standard InChI is InChI=1S/C19H20N2O2S/c1-20(13-14-7-9-15(24-2)10-8-14)11-12-21-18(22)16-5-3-4-6-17(16)19(21)23/h3-10H,11-13H2,1-2H3. The summed E-state index contributed by atoms with van der Waals surface area (Å²) in [5.74, 6) is -0.373. The van der Waals surface area contributed by atoms with E-state index in [9.17, 15) is 9.59 Å². The lowest BCUT2D eigenvalue weighted by Gasteiger charge is -2.20. The zero-order valence-electron chi connectivity index (χ0n) is 13.9. The van der Waals surface area contributed by atoms with Crippen molar-refractivity contribution in [1.82, 2.24) is 9.80 Å². The molecule has 0 unspecified atom stereocenters. The first-order chi connectivity index (χ1) is 11.6. The Morgan fingerprint density at radius 3 is 2.08 bits per heavy atom. The van der Waals surface area contributed by atoms with Crippen LogP contribution in [0.2, 0.25) is 0 Å². The van der Waals surface area contributed by atoms with Crippen molar-refractivity contribution in [2.75, 3.05) is 26.4 Å². The fraction of sp³-hybridized carbons (Fsp3) is 0.263. The number of thioether (sulfide) groups is 1. The van der Waals surface area contributed by atoms with Gasteiger partial charge in [0.15, 0.2) is 0 Å². The molecule has 1 heterocycles. The smallest absolute Gasteiger partial charge is 0.261 e. The van der Waals surface area contributed by atoms with Crippen LogP contribution in [-0.2, 0) is 6.54 Å². The van der Waals surface area contributed by atoms with E-state index in [-0.39, 0.29) is 11.8 Å². The van der Waals surface area contributed by atoms with Gasteiger partial charge in [-0.25, -0.2) is 0 Å². The molecule has 0 aliphatic carbocycles. The minimum atomic E-state index is -0.187. The Bertz CT molecular complexity index is 723. The van der Waals surface area contributed by atoms with Gasteiger partial charge in [0.25, 0.3) is 11.8 Å². The fourth-order valence-corrected chi connectivity index (χ4v) is 3.24. The molecule has 0 saturated heterocycles. The Balaban J connectivity index is 1.58. The van der Waals surface area contributed by atoms with Gasteiger partial charge in [-0.3, -0.25) is 14.5 Å². The minimum absolute atomic E-state index is 0.187. The van der Waals surface area contributed by atoms with Crippen LogP contribution in [0.4, 0.5) is 0 Å². The third-order valence-electron chi connectivity index (χ3n) is 4.20. The van der Waals surface area contributed by atoms with E-state index in [1.807, 2.05) is 7.05 Å². The van der Waals surface area contributed by atoms with Crippen LogP contribution in [0.5, 0.6) is 0 Å². The van der Waals surface area contributed by atoms with E-state index >= 15 is 0 Å². The average molecular weight is 340 g/mol. The van der Waals surface area contributed by atoms with Crippen LogP contribution in [0, 0.1) is 0 Å². The largest absolute Gasteiger partial charge is 0.300 e. The maximum atomic E-state index is 12.3. The van der Waals surface area contributed by atoms with E-state index in [1.165, 1.54) is 15.4 Å². The lowest BCUT2D eigenvalue weighted by molar-refractivity contribution is 0.0640. The predicted molar refractivity (Wildman–Crippen MR) is 96.4 cm³/mol. The number of carbonyl (C=O) groups excluding carboxylic acids is 2. The molecule has 2 aromatic rings. The number of likely N-dealkylation sites (N-methyl/N-ethyl adjacent to an activating group) is 1. The molecule has 3 rings (SSSR count). The Labute approximate surface area is 146 Å². The SMILES string of the molecule is CSc1ccc(CN(C)CCN2C(=O)c3ccccc3C2=O)cc1. The molecule has 4 nitrogen and oxygen atoms in total. The van der Waals surface area contributed by atoms with Crippen molar-refractivity contribution in [1.29, 1.82) is 0 Å². The van der Waals surface area contributed by atoms with E-state index < -0.39 is 0 Å². The van der Waals surface area contributed by atoms with E-state index in [2.05, 4.69) is 35.4 Å². The molecule has 0 fully saturated rings. The van der Waals surface area contributed by atoms with Crippen molar-refractivity contribution >= 4 is 23.6 Å². The number of hydrogen-bond donors (Lipinski definition) is 0. The number of carbonyl (C=O) groups is 2. The van der Waals surface area contributed by atoms with Crippen LogP contribution in [0.25, 0.3) is 0 Å². The number of hydrogen-bond acceptors (Lipinski definition) is 4. The summed E-state index contributed by atoms with van der Waals surface area (Å²) in [6.07, 6.45) is 2.06. The third-order valence-corrected chi connectivity index (χ3v) is 4.94. The maximum absolute atomic E-state index is 12.3. The normalized spacial score (nSPS) is 13.7. The molecular formula is C19H20N2O2S. The summed E-state index contributed by atoms with van der Waals surface area (Å²) in [4.78, 5) is 29.4. The lowest BCUT2D eigenvalue weighted by Crippen LogP contribution is -2.36. The highest BCUT2D eigenvalue weighted by atomic mass is 32.2. The highest BCUT2D eigenvalue weighted by Gasteiger charge is 2.34. The molecule has 0 N–H and O–H groups in total. The van der Waals surface area contributed by atoms with E-state index in [0.717, 1.165) is 6.54 Å². The van der Waals surface area contributed by atoms with Crippen molar-refractivity contribution in [2.24, 2.45) is 0 Å². The molecule has 24 heavy (non-hydrogen) atoms. The van der Waals surface area contributed by atoms with Gasteiger partial charge in [0.2, 0.25) is 0 Å². The zero-order valence-corrected chi connectivity index (χ0v) is 14.7.